The van der Waals surface area contributed by atoms with E-state index in [0.29, 0.717) is 12.0 Å². The number of ether oxygens (including phenoxy) is 1. The Kier molecular flexibility index (Phi) is 4.86. The molecule has 1 saturated heterocycles. The number of amides is 1. The van der Waals surface area contributed by atoms with Gasteiger partial charge in [-0.05, 0) is 44.7 Å². The number of hydrogen-bond donors (Lipinski definition) is 0. The number of hydrogen-bond acceptors (Lipinski definition) is 5. The average Bonchev–Trinajstić information content (AvgIpc) is 3.31. The SMILES string of the molecule is Cc1ccc(C)c(C(=O)OCC(=O)N(C2CC2)[C@H]2CCS(=O)(=O)C2)c1. The van der Waals surface area contributed by atoms with Gasteiger partial charge < -0.3 is 9.64 Å². The first kappa shape index (κ1) is 17.9. The largest absolute Gasteiger partial charge is 0.452 e. The molecule has 1 saturated carbocycles. The highest BCUT2D eigenvalue weighted by Gasteiger charge is 2.42. The van der Waals surface area contributed by atoms with Crippen LogP contribution >= 0.6 is 0 Å². The first-order valence-corrected chi connectivity index (χ1v) is 10.3. The minimum atomic E-state index is -3.07. The van der Waals surface area contributed by atoms with Crippen molar-refractivity contribution in [2.45, 2.75) is 45.2 Å². The minimum absolute atomic E-state index is 0.0141. The quantitative estimate of drug-likeness (QED) is 0.741. The fourth-order valence-electron chi connectivity index (χ4n) is 3.29. The predicted molar refractivity (Wildman–Crippen MR) is 93.1 cm³/mol. The van der Waals surface area contributed by atoms with Crippen LogP contribution in [0.5, 0.6) is 0 Å². The van der Waals surface area contributed by atoms with Gasteiger partial charge in [0.2, 0.25) is 0 Å². The number of benzene rings is 1. The van der Waals surface area contributed by atoms with Gasteiger partial charge in [-0.3, -0.25) is 4.79 Å². The highest BCUT2D eigenvalue weighted by molar-refractivity contribution is 7.91. The summed E-state index contributed by atoms with van der Waals surface area (Å²) in [6.07, 6.45) is 2.23. The molecule has 1 amide bonds. The van der Waals surface area contributed by atoms with Crippen molar-refractivity contribution in [1.29, 1.82) is 0 Å². The second-order valence-corrected chi connectivity index (χ2v) is 9.21. The third-order valence-electron chi connectivity index (χ3n) is 4.77. The molecule has 2 fully saturated rings. The number of carbonyl (C=O) groups is 2. The van der Waals surface area contributed by atoms with Crippen LogP contribution in [0.4, 0.5) is 0 Å². The van der Waals surface area contributed by atoms with Crippen molar-refractivity contribution in [2.75, 3.05) is 18.1 Å². The summed E-state index contributed by atoms with van der Waals surface area (Å²) < 4.78 is 28.6. The molecule has 25 heavy (non-hydrogen) atoms. The van der Waals surface area contributed by atoms with E-state index in [1.165, 1.54) is 0 Å². The lowest BCUT2D eigenvalue weighted by Gasteiger charge is -2.28. The van der Waals surface area contributed by atoms with E-state index in [-0.39, 0.29) is 36.1 Å². The van der Waals surface area contributed by atoms with Crippen LogP contribution in [0.25, 0.3) is 0 Å². The van der Waals surface area contributed by atoms with Crippen LogP contribution in [-0.4, -0.2) is 55.4 Å². The fraction of sp³-hybridized carbons (Fsp3) is 0.556. The smallest absolute Gasteiger partial charge is 0.338 e. The van der Waals surface area contributed by atoms with Crippen LogP contribution in [0.15, 0.2) is 18.2 Å². The summed E-state index contributed by atoms with van der Waals surface area (Å²) in [5.74, 6) is -0.691. The standard InChI is InChI=1S/C18H23NO5S/c1-12-3-4-13(2)16(9-12)18(21)24-10-17(20)19(14-5-6-14)15-7-8-25(22,23)11-15/h3-4,9,14-15H,5-8,10-11H2,1-2H3/t15-/m0/s1. The Morgan fingerprint density at radius 1 is 1.16 bits per heavy atom. The Bertz CT molecular complexity index is 798. The van der Waals surface area contributed by atoms with E-state index in [0.717, 1.165) is 24.0 Å². The normalized spacial score (nSPS) is 21.8. The van der Waals surface area contributed by atoms with Crippen molar-refractivity contribution in [3.63, 3.8) is 0 Å². The highest BCUT2D eigenvalue weighted by Crippen LogP contribution is 2.32. The van der Waals surface area contributed by atoms with Crippen LogP contribution in [-0.2, 0) is 19.4 Å². The molecule has 7 heteroatoms. The molecule has 1 aliphatic carbocycles. The molecule has 0 bridgehead atoms. The van der Waals surface area contributed by atoms with Crippen molar-refractivity contribution < 1.29 is 22.7 Å². The maximum absolute atomic E-state index is 12.6. The molecule has 6 nitrogen and oxygen atoms in total. The van der Waals surface area contributed by atoms with E-state index in [4.69, 9.17) is 4.74 Å². The van der Waals surface area contributed by atoms with Gasteiger partial charge >= 0.3 is 5.97 Å². The number of carbonyl (C=O) groups excluding carboxylic acids is 2. The number of sulfone groups is 1. The molecule has 3 rings (SSSR count). The van der Waals surface area contributed by atoms with Gasteiger partial charge in [0.25, 0.3) is 5.91 Å². The fourth-order valence-corrected chi connectivity index (χ4v) is 5.00. The van der Waals surface area contributed by atoms with Crippen LogP contribution in [0.2, 0.25) is 0 Å². The van der Waals surface area contributed by atoms with Crippen LogP contribution in [0.3, 0.4) is 0 Å². The van der Waals surface area contributed by atoms with Gasteiger partial charge in [-0.1, -0.05) is 17.7 Å². The monoisotopic (exact) mass is 365 g/mol. The van der Waals surface area contributed by atoms with E-state index in [2.05, 4.69) is 0 Å². The van der Waals surface area contributed by atoms with Gasteiger partial charge in [0.15, 0.2) is 16.4 Å². The second kappa shape index (κ2) is 6.78. The van der Waals surface area contributed by atoms with Crippen molar-refractivity contribution in [3.05, 3.63) is 34.9 Å². The van der Waals surface area contributed by atoms with Gasteiger partial charge in [-0.25, -0.2) is 13.2 Å². The summed E-state index contributed by atoms with van der Waals surface area (Å²) in [7, 11) is -3.07. The number of nitrogens with zero attached hydrogens (tertiary/aromatic N) is 1. The van der Waals surface area contributed by atoms with E-state index < -0.39 is 15.8 Å². The summed E-state index contributed by atoms with van der Waals surface area (Å²) in [5, 5.41) is 0. The number of esters is 1. The maximum Gasteiger partial charge on any atom is 0.338 e. The van der Waals surface area contributed by atoms with Crippen molar-refractivity contribution in [1.82, 2.24) is 4.90 Å². The predicted octanol–water partition coefficient (Wildman–Crippen LogP) is 1.64. The Morgan fingerprint density at radius 2 is 1.88 bits per heavy atom. The lowest BCUT2D eigenvalue weighted by molar-refractivity contribution is -0.137. The molecule has 2 aliphatic rings. The maximum atomic E-state index is 12.6. The molecule has 0 N–H and O–H groups in total. The van der Waals surface area contributed by atoms with E-state index >= 15 is 0 Å². The molecule has 0 radical (unpaired) electrons. The summed E-state index contributed by atoms with van der Waals surface area (Å²) >= 11 is 0. The second-order valence-electron chi connectivity index (χ2n) is 6.98. The van der Waals surface area contributed by atoms with Crippen molar-refractivity contribution in [3.8, 4) is 0 Å². The zero-order valence-corrected chi connectivity index (χ0v) is 15.3. The average molecular weight is 365 g/mol. The van der Waals surface area contributed by atoms with E-state index in [1.54, 1.807) is 11.0 Å². The van der Waals surface area contributed by atoms with Crippen LogP contribution in [0, 0.1) is 13.8 Å². The molecule has 0 aromatic heterocycles. The highest BCUT2D eigenvalue weighted by atomic mass is 32.2. The molecule has 0 spiro atoms. The Balaban J connectivity index is 1.64. The van der Waals surface area contributed by atoms with Crippen molar-refractivity contribution in [2.24, 2.45) is 0 Å². The molecule has 1 heterocycles. The molecule has 1 atom stereocenters. The first-order valence-electron chi connectivity index (χ1n) is 8.53. The molecular formula is C18H23NO5S. The summed E-state index contributed by atoms with van der Waals surface area (Å²) in [6.45, 7) is 3.35. The topological polar surface area (TPSA) is 80.8 Å². The van der Waals surface area contributed by atoms with Gasteiger partial charge in [0, 0.05) is 12.1 Å². The molecule has 1 aromatic carbocycles. The lowest BCUT2D eigenvalue weighted by Crippen LogP contribution is -2.44. The van der Waals surface area contributed by atoms with Gasteiger partial charge in [0.1, 0.15) is 0 Å². The van der Waals surface area contributed by atoms with Gasteiger partial charge in [-0.2, -0.15) is 0 Å². The zero-order valence-electron chi connectivity index (χ0n) is 14.5. The zero-order chi connectivity index (χ0) is 18.2. The summed E-state index contributed by atoms with van der Waals surface area (Å²) in [4.78, 5) is 26.5. The lowest BCUT2D eigenvalue weighted by atomic mass is 10.1. The molecule has 1 aliphatic heterocycles. The number of aryl methyl sites for hydroxylation is 2. The Hall–Kier alpha value is -1.89. The van der Waals surface area contributed by atoms with Gasteiger partial charge in [0.05, 0.1) is 17.1 Å². The molecule has 0 unspecified atom stereocenters. The van der Waals surface area contributed by atoms with Crippen molar-refractivity contribution >= 4 is 21.7 Å². The molecule has 1 aromatic rings. The Labute approximate surface area is 148 Å². The van der Waals surface area contributed by atoms with Crippen LogP contribution < -0.4 is 0 Å². The van der Waals surface area contributed by atoms with Crippen LogP contribution in [0.1, 0.15) is 40.7 Å². The molecular weight excluding hydrogens is 342 g/mol. The minimum Gasteiger partial charge on any atom is -0.452 e. The van der Waals surface area contributed by atoms with E-state index in [9.17, 15) is 18.0 Å². The first-order chi connectivity index (χ1) is 11.8. The third-order valence-corrected chi connectivity index (χ3v) is 6.52. The Morgan fingerprint density at radius 3 is 2.48 bits per heavy atom. The number of rotatable bonds is 5. The summed E-state index contributed by atoms with van der Waals surface area (Å²) in [5.41, 5.74) is 2.19. The van der Waals surface area contributed by atoms with E-state index in [1.807, 2.05) is 26.0 Å². The summed E-state index contributed by atoms with van der Waals surface area (Å²) in [6, 6.07) is 5.29. The molecule has 136 valence electrons. The van der Waals surface area contributed by atoms with Gasteiger partial charge in [-0.15, -0.1) is 0 Å². The third kappa shape index (κ3) is 4.21.